The van der Waals surface area contributed by atoms with Gasteiger partial charge in [-0.25, -0.2) is 0 Å². The predicted octanol–water partition coefficient (Wildman–Crippen LogP) is 3.91. The second kappa shape index (κ2) is 9.27. The van der Waals surface area contributed by atoms with E-state index in [2.05, 4.69) is 15.1 Å². The van der Waals surface area contributed by atoms with E-state index in [0.29, 0.717) is 18.5 Å². The molecule has 0 spiro atoms. The van der Waals surface area contributed by atoms with E-state index in [0.717, 1.165) is 57.5 Å². The highest BCUT2D eigenvalue weighted by Gasteiger charge is 2.42. The van der Waals surface area contributed by atoms with E-state index in [4.69, 9.17) is 0 Å². The molecule has 166 valence electrons. The number of halogens is 3. The average Bonchev–Trinajstić information content (AvgIpc) is 3.04. The van der Waals surface area contributed by atoms with Crippen LogP contribution in [0, 0.1) is 11.8 Å². The molecule has 1 saturated carbocycles. The van der Waals surface area contributed by atoms with Crippen LogP contribution in [0.15, 0.2) is 24.3 Å². The first-order valence-corrected chi connectivity index (χ1v) is 11.3. The molecule has 7 heteroatoms. The third-order valence-electron chi connectivity index (χ3n) is 7.14. The van der Waals surface area contributed by atoms with Crippen molar-refractivity contribution in [3.63, 3.8) is 0 Å². The molecule has 30 heavy (non-hydrogen) atoms. The fraction of sp³-hybridized carbons (Fsp3) is 0.696. The first-order valence-electron chi connectivity index (χ1n) is 11.3. The monoisotopic (exact) mass is 423 g/mol. The Balaban J connectivity index is 1.17. The lowest BCUT2D eigenvalue weighted by Crippen LogP contribution is -2.46. The highest BCUT2D eigenvalue weighted by atomic mass is 19.4. The Morgan fingerprint density at radius 1 is 0.967 bits per heavy atom. The van der Waals surface area contributed by atoms with Gasteiger partial charge in [-0.05, 0) is 55.8 Å². The predicted molar refractivity (Wildman–Crippen MR) is 110 cm³/mol. The van der Waals surface area contributed by atoms with Crippen LogP contribution in [0.4, 0.5) is 13.2 Å². The van der Waals surface area contributed by atoms with Crippen molar-refractivity contribution in [1.82, 2.24) is 15.1 Å². The number of hydrogen-bond acceptors (Lipinski definition) is 3. The standard InChI is InChI=1S/C23H32F3N3O/c24-23(25,26)18-9-7-17(8-10-18)16-29-14-12-28(13-15-29)11-3-5-20-19-4-1-2-6-21(19)27-22(20)30/h7-10,19-21H,1-6,11-16H2,(H,27,30)/t19-,20?,21+/m0/s1. The number of carbonyl (C=O) groups is 1. The number of nitrogens with one attached hydrogen (secondary N) is 1. The van der Waals surface area contributed by atoms with Gasteiger partial charge in [-0.15, -0.1) is 0 Å². The number of hydrogen-bond donors (Lipinski definition) is 1. The molecule has 2 aliphatic heterocycles. The summed E-state index contributed by atoms with van der Waals surface area (Å²) in [5.74, 6) is 1.02. The Labute approximate surface area is 176 Å². The zero-order valence-corrected chi connectivity index (χ0v) is 17.5. The molecule has 2 heterocycles. The van der Waals surface area contributed by atoms with Gasteiger partial charge in [0.1, 0.15) is 0 Å². The van der Waals surface area contributed by atoms with Crippen molar-refractivity contribution in [1.29, 1.82) is 0 Å². The van der Waals surface area contributed by atoms with E-state index < -0.39 is 11.7 Å². The van der Waals surface area contributed by atoms with Crippen LogP contribution in [0.3, 0.4) is 0 Å². The highest BCUT2D eigenvalue weighted by Crippen LogP contribution is 2.37. The van der Waals surface area contributed by atoms with Crippen LogP contribution < -0.4 is 5.32 Å². The number of amides is 1. The average molecular weight is 424 g/mol. The second-order valence-electron chi connectivity index (χ2n) is 9.12. The molecule has 0 bridgehead atoms. The van der Waals surface area contributed by atoms with Crippen LogP contribution in [0.5, 0.6) is 0 Å². The summed E-state index contributed by atoms with van der Waals surface area (Å²) in [6, 6.07) is 5.93. The Bertz CT molecular complexity index is 713. The highest BCUT2D eigenvalue weighted by molar-refractivity contribution is 5.81. The molecule has 4 nitrogen and oxygen atoms in total. The Morgan fingerprint density at radius 2 is 1.63 bits per heavy atom. The first kappa shape index (κ1) is 21.6. The van der Waals surface area contributed by atoms with Gasteiger partial charge in [0, 0.05) is 44.7 Å². The van der Waals surface area contributed by atoms with Gasteiger partial charge in [0.2, 0.25) is 5.91 Å². The van der Waals surface area contributed by atoms with Crippen molar-refractivity contribution in [3.05, 3.63) is 35.4 Å². The summed E-state index contributed by atoms with van der Waals surface area (Å²) in [7, 11) is 0. The van der Waals surface area contributed by atoms with Gasteiger partial charge in [-0.2, -0.15) is 13.2 Å². The molecule has 1 aromatic carbocycles. The van der Waals surface area contributed by atoms with Gasteiger partial charge in [0.25, 0.3) is 0 Å². The summed E-state index contributed by atoms with van der Waals surface area (Å²) >= 11 is 0. The molecule has 0 radical (unpaired) electrons. The van der Waals surface area contributed by atoms with Crippen LogP contribution >= 0.6 is 0 Å². The van der Waals surface area contributed by atoms with Crippen molar-refractivity contribution < 1.29 is 18.0 Å². The fourth-order valence-corrected chi connectivity index (χ4v) is 5.41. The molecule has 1 N–H and O–H groups in total. The number of alkyl halides is 3. The maximum absolute atomic E-state index is 12.7. The van der Waals surface area contributed by atoms with E-state index in [1.807, 2.05) is 0 Å². The van der Waals surface area contributed by atoms with Crippen molar-refractivity contribution in [3.8, 4) is 0 Å². The minimum Gasteiger partial charge on any atom is -0.353 e. The third-order valence-corrected chi connectivity index (χ3v) is 7.14. The van der Waals surface area contributed by atoms with Crippen molar-refractivity contribution in [2.45, 2.75) is 57.3 Å². The minimum absolute atomic E-state index is 0.205. The lowest BCUT2D eigenvalue weighted by molar-refractivity contribution is -0.137. The molecule has 1 aliphatic carbocycles. The maximum Gasteiger partial charge on any atom is 0.416 e. The normalized spacial score (nSPS) is 28.4. The molecule has 0 aromatic heterocycles. The van der Waals surface area contributed by atoms with Gasteiger partial charge < -0.3 is 10.2 Å². The van der Waals surface area contributed by atoms with E-state index in [-0.39, 0.29) is 11.8 Å². The topological polar surface area (TPSA) is 35.6 Å². The number of benzene rings is 1. The summed E-state index contributed by atoms with van der Waals surface area (Å²) in [6.45, 7) is 5.52. The van der Waals surface area contributed by atoms with Crippen LogP contribution in [0.1, 0.15) is 49.7 Å². The fourth-order valence-electron chi connectivity index (χ4n) is 5.41. The summed E-state index contributed by atoms with van der Waals surface area (Å²) in [4.78, 5) is 17.1. The van der Waals surface area contributed by atoms with E-state index in [1.165, 1.54) is 31.4 Å². The number of piperazine rings is 1. The summed E-state index contributed by atoms with van der Waals surface area (Å²) in [5, 5.41) is 3.21. The van der Waals surface area contributed by atoms with Crippen LogP contribution in [-0.4, -0.2) is 54.5 Å². The maximum atomic E-state index is 12.7. The van der Waals surface area contributed by atoms with Crippen molar-refractivity contribution >= 4 is 5.91 Å². The molecule has 1 aromatic rings. The molecular formula is C23H32F3N3O. The quantitative estimate of drug-likeness (QED) is 0.754. The van der Waals surface area contributed by atoms with Crippen LogP contribution in [0.25, 0.3) is 0 Å². The third kappa shape index (κ3) is 5.17. The number of rotatable bonds is 6. The second-order valence-corrected chi connectivity index (χ2v) is 9.12. The molecule has 4 rings (SSSR count). The number of nitrogens with zero attached hydrogens (tertiary/aromatic N) is 2. The summed E-state index contributed by atoms with van der Waals surface area (Å²) in [5.41, 5.74) is 0.331. The number of fused-ring (bicyclic) bond motifs is 1. The molecule has 1 unspecified atom stereocenters. The largest absolute Gasteiger partial charge is 0.416 e. The van der Waals surface area contributed by atoms with Gasteiger partial charge >= 0.3 is 6.18 Å². The Hall–Kier alpha value is -1.60. The smallest absolute Gasteiger partial charge is 0.353 e. The molecule has 3 aliphatic rings. The Morgan fingerprint density at radius 3 is 2.33 bits per heavy atom. The van der Waals surface area contributed by atoms with Gasteiger partial charge in [-0.1, -0.05) is 25.0 Å². The molecule has 2 saturated heterocycles. The first-order chi connectivity index (χ1) is 14.4. The summed E-state index contributed by atoms with van der Waals surface area (Å²) in [6.07, 6.45) is 2.60. The van der Waals surface area contributed by atoms with E-state index in [9.17, 15) is 18.0 Å². The minimum atomic E-state index is -4.28. The zero-order chi connectivity index (χ0) is 21.1. The summed E-state index contributed by atoms with van der Waals surface area (Å²) < 4.78 is 38.1. The van der Waals surface area contributed by atoms with Gasteiger partial charge in [-0.3, -0.25) is 9.69 Å². The molecule has 3 atom stereocenters. The van der Waals surface area contributed by atoms with Gasteiger partial charge in [0.15, 0.2) is 0 Å². The number of carbonyl (C=O) groups excluding carboxylic acids is 1. The van der Waals surface area contributed by atoms with Crippen LogP contribution in [-0.2, 0) is 17.5 Å². The van der Waals surface area contributed by atoms with Crippen molar-refractivity contribution in [2.75, 3.05) is 32.7 Å². The lowest BCUT2D eigenvalue weighted by Gasteiger charge is -2.35. The lowest BCUT2D eigenvalue weighted by atomic mass is 9.78. The zero-order valence-electron chi connectivity index (χ0n) is 17.5. The molecule has 1 amide bonds. The van der Waals surface area contributed by atoms with E-state index >= 15 is 0 Å². The van der Waals surface area contributed by atoms with Crippen LogP contribution in [0.2, 0.25) is 0 Å². The van der Waals surface area contributed by atoms with E-state index in [1.54, 1.807) is 12.1 Å². The molecule has 3 fully saturated rings. The van der Waals surface area contributed by atoms with Crippen molar-refractivity contribution in [2.24, 2.45) is 11.8 Å². The Kier molecular flexibility index (Phi) is 6.68. The van der Waals surface area contributed by atoms with Gasteiger partial charge in [0.05, 0.1) is 5.56 Å². The molecular weight excluding hydrogens is 391 g/mol. The SMILES string of the molecule is O=C1N[C@@H]2CCCC[C@H]2C1CCCN1CCN(Cc2ccc(C(F)(F)F)cc2)CC1.